The molecule has 0 amide bonds. The number of hydrogen-bond donors (Lipinski definition) is 0. The van der Waals surface area contributed by atoms with Crippen molar-refractivity contribution < 1.29 is 17.1 Å². The molecule has 0 atom stereocenters. The quantitative estimate of drug-likeness (QED) is 0.341. The molecule has 0 bridgehead atoms. The minimum atomic E-state index is -0.726. The first-order chi connectivity index (χ1) is 17.0. The van der Waals surface area contributed by atoms with Gasteiger partial charge in [0.05, 0.1) is 40.4 Å². The van der Waals surface area contributed by atoms with Crippen molar-refractivity contribution in [2.75, 3.05) is 0 Å². The zero-order valence-electron chi connectivity index (χ0n) is 20.3. The van der Waals surface area contributed by atoms with Gasteiger partial charge < -0.3 is 0 Å². The Hall–Kier alpha value is -3.36. The molecule has 4 rings (SSSR count). The number of nitrogens with zero attached hydrogens (tertiary/aromatic N) is 6. The molecule has 4 aromatic heterocycles. The molecule has 0 saturated carbocycles. The van der Waals surface area contributed by atoms with E-state index in [0.29, 0.717) is 0 Å². The van der Waals surface area contributed by atoms with Crippen molar-refractivity contribution in [1.82, 2.24) is 19.9 Å². The van der Waals surface area contributed by atoms with Crippen molar-refractivity contribution in [3.05, 3.63) is 85.5 Å². The third-order valence-electron chi connectivity index (χ3n) is 4.84. The van der Waals surface area contributed by atoms with Crippen LogP contribution in [0.25, 0.3) is 22.8 Å². The first-order valence-electron chi connectivity index (χ1n) is 11.1. The Kier molecular flexibility index (Phi) is 12.4. The Bertz CT molecular complexity index is 1120. The van der Waals surface area contributed by atoms with Crippen LogP contribution in [0.5, 0.6) is 0 Å². The molecule has 0 N–H and O–H groups in total. The summed E-state index contributed by atoms with van der Waals surface area (Å²) < 4.78 is 3.49. The molecule has 0 unspecified atom stereocenters. The van der Waals surface area contributed by atoms with E-state index >= 15 is 0 Å². The maximum atomic E-state index is 7.63. The third kappa shape index (κ3) is 9.80. The van der Waals surface area contributed by atoms with Crippen LogP contribution in [0.2, 0.25) is 26.2 Å². The van der Waals surface area contributed by atoms with Gasteiger partial charge in [-0.3, -0.25) is 19.9 Å². The molecule has 4 heterocycles. The van der Waals surface area contributed by atoms with Gasteiger partial charge in [-0.15, -0.1) is 0 Å². The van der Waals surface area contributed by atoms with Crippen LogP contribution in [0.1, 0.15) is 0 Å². The summed E-state index contributed by atoms with van der Waals surface area (Å²) in [4.78, 5) is 17.4. The van der Waals surface area contributed by atoms with Gasteiger partial charge in [-0.1, -0.05) is 50.5 Å². The van der Waals surface area contributed by atoms with E-state index in [4.69, 9.17) is 10.5 Å². The van der Waals surface area contributed by atoms with E-state index in [0.717, 1.165) is 22.8 Å². The Balaban J connectivity index is 0.000000208. The van der Waals surface area contributed by atoms with E-state index in [1.807, 2.05) is 48.8 Å². The van der Waals surface area contributed by atoms with Crippen molar-refractivity contribution in [1.29, 1.82) is 10.5 Å². The van der Waals surface area contributed by atoms with Gasteiger partial charge in [-0.25, -0.2) is 0 Å². The van der Waals surface area contributed by atoms with Crippen molar-refractivity contribution in [2.45, 2.75) is 26.2 Å². The van der Waals surface area contributed by atoms with Crippen LogP contribution in [0, 0.1) is 19.9 Å². The molecular weight excluding hydrogens is 554 g/mol. The fourth-order valence-corrected chi connectivity index (χ4v) is 4.64. The van der Waals surface area contributed by atoms with Gasteiger partial charge in [-0.2, -0.15) is 0 Å². The second kappa shape index (κ2) is 15.5. The topological polar surface area (TPSA) is 99.1 Å². The molecule has 35 heavy (non-hydrogen) atoms. The van der Waals surface area contributed by atoms with Crippen molar-refractivity contribution in [2.24, 2.45) is 0 Å². The normalized spacial score (nSPS) is 9.83. The molecule has 0 spiro atoms. The minimum absolute atomic E-state index is 0.620. The van der Waals surface area contributed by atoms with Crippen LogP contribution in [0.3, 0.4) is 0 Å². The van der Waals surface area contributed by atoms with Gasteiger partial charge in [0.1, 0.15) is 0 Å². The Labute approximate surface area is 218 Å². The third-order valence-corrected chi connectivity index (χ3v) is 8.58. The van der Waals surface area contributed by atoms with E-state index in [9.17, 15) is 0 Å². The number of aromatic nitrogens is 4. The summed E-state index contributed by atoms with van der Waals surface area (Å²) in [7, 11) is -1.45. The molecule has 6 nitrogen and oxygen atoms in total. The molecule has 0 saturated heterocycles. The van der Waals surface area contributed by atoms with Crippen LogP contribution < -0.4 is 10.4 Å². The zero-order valence-corrected chi connectivity index (χ0v) is 24.3. The van der Waals surface area contributed by atoms with Crippen molar-refractivity contribution in [3.63, 3.8) is 0 Å². The number of nitriles is 2. The molecule has 178 valence electrons. The van der Waals surface area contributed by atoms with Gasteiger partial charge in [0, 0.05) is 24.8 Å². The SMILES string of the molecule is C[SiH](C)c1ccc(-c2ccccn2)nc1.C[SiH](C)c1ccc(-c2ccccn2)nc1.N#[C][Ru][C]#N. The van der Waals surface area contributed by atoms with E-state index in [1.165, 1.54) is 10.4 Å². The maximum absolute atomic E-state index is 7.63. The standard InChI is InChI=1S/2C12H14N2Si.2CN.Ru/c2*1-15(2)10-6-7-12(14-9-10)11-5-3-4-8-13-11;2*1-2;/h2*3-9,15H,1-2H3;;;. The van der Waals surface area contributed by atoms with Crippen LogP contribution in [0.4, 0.5) is 0 Å². The summed E-state index contributed by atoms with van der Waals surface area (Å²) in [6.45, 7) is 9.21. The van der Waals surface area contributed by atoms with Crippen molar-refractivity contribution >= 4 is 28.0 Å². The second-order valence-corrected chi connectivity index (χ2v) is 15.1. The predicted octanol–water partition coefficient (Wildman–Crippen LogP) is 3.71. The molecule has 0 aromatic carbocycles. The fraction of sp³-hybridized carbons (Fsp3) is 0.154. The fourth-order valence-electron chi connectivity index (χ4n) is 2.84. The number of rotatable bonds is 4. The van der Waals surface area contributed by atoms with Crippen molar-refractivity contribution in [3.8, 4) is 32.1 Å². The molecule has 9 heteroatoms. The van der Waals surface area contributed by atoms with E-state index < -0.39 is 34.7 Å². The Morgan fingerprint density at radius 3 is 1.20 bits per heavy atom. The number of hydrogen-bond acceptors (Lipinski definition) is 6. The summed E-state index contributed by atoms with van der Waals surface area (Å²) in [5, 5.41) is 18.1. The number of pyridine rings is 4. The monoisotopic (exact) mass is 582 g/mol. The van der Waals surface area contributed by atoms with Crippen LogP contribution in [-0.2, 0) is 17.1 Å². The molecule has 0 aliphatic carbocycles. The van der Waals surface area contributed by atoms with Gasteiger partial charge in [0.15, 0.2) is 0 Å². The molecule has 4 aromatic rings. The Morgan fingerprint density at radius 1 is 0.571 bits per heavy atom. The van der Waals surface area contributed by atoms with Gasteiger partial charge in [0.25, 0.3) is 0 Å². The summed E-state index contributed by atoms with van der Waals surface area (Å²) in [6.07, 6.45) is 7.56. The average Bonchev–Trinajstić information content (AvgIpc) is 2.91. The summed E-state index contributed by atoms with van der Waals surface area (Å²) in [5.41, 5.74) is 3.78. The molecule has 0 aliphatic rings. The van der Waals surface area contributed by atoms with E-state index in [2.05, 4.69) is 70.4 Å². The van der Waals surface area contributed by atoms with Crippen LogP contribution >= 0.6 is 0 Å². The molecule has 0 aliphatic heterocycles. The van der Waals surface area contributed by atoms with E-state index in [-0.39, 0.29) is 0 Å². The van der Waals surface area contributed by atoms with Crippen LogP contribution in [-0.4, -0.2) is 37.5 Å². The predicted molar refractivity (Wildman–Crippen MR) is 143 cm³/mol. The first kappa shape index (κ1) is 27.9. The Morgan fingerprint density at radius 2 is 0.971 bits per heavy atom. The first-order valence-corrected chi connectivity index (χ1v) is 18.6. The van der Waals surface area contributed by atoms with E-state index in [1.54, 1.807) is 21.7 Å². The average molecular weight is 582 g/mol. The second-order valence-electron chi connectivity index (χ2n) is 7.94. The zero-order chi connectivity index (χ0) is 25.5. The summed E-state index contributed by atoms with van der Waals surface area (Å²) in [5.74, 6) is 0. The summed E-state index contributed by atoms with van der Waals surface area (Å²) in [6, 6.07) is 20.2. The van der Waals surface area contributed by atoms with Gasteiger partial charge in [-0.05, 0) is 46.8 Å². The molecular formula is C26H28N6RuSi2. The molecule has 0 fully saturated rings. The molecule has 0 radical (unpaired) electrons. The van der Waals surface area contributed by atoms with Crippen LogP contribution in [0.15, 0.2) is 85.5 Å². The van der Waals surface area contributed by atoms with Gasteiger partial charge in [0.2, 0.25) is 0 Å². The summed E-state index contributed by atoms with van der Waals surface area (Å²) >= 11 is -0.620. The van der Waals surface area contributed by atoms with Gasteiger partial charge >= 0.3 is 37.0 Å².